The highest BCUT2D eigenvalue weighted by molar-refractivity contribution is 5.85. The van der Waals surface area contributed by atoms with Crippen LogP contribution in [0.2, 0.25) is 0 Å². The number of rotatable bonds is 4. The van der Waals surface area contributed by atoms with Crippen LogP contribution in [0.25, 0.3) is 0 Å². The van der Waals surface area contributed by atoms with E-state index in [2.05, 4.69) is 5.32 Å². The molecule has 1 aromatic rings. The fourth-order valence-corrected chi connectivity index (χ4v) is 1.94. The minimum atomic E-state index is 0. The van der Waals surface area contributed by atoms with Crippen molar-refractivity contribution in [3.8, 4) is 5.75 Å². The second-order valence-electron chi connectivity index (χ2n) is 3.92. The number of aliphatic hydroxyl groups excluding tert-OH is 1. The number of halogens is 1. The molecule has 2 atom stereocenters. The Bertz CT molecular complexity index is 294. The summed E-state index contributed by atoms with van der Waals surface area (Å²) >= 11 is 0. The van der Waals surface area contributed by atoms with Gasteiger partial charge in [0.1, 0.15) is 12.4 Å². The number of hydrogen-bond donors (Lipinski definition) is 2. The minimum absolute atomic E-state index is 0. The molecule has 0 saturated carbocycles. The van der Waals surface area contributed by atoms with Crippen molar-refractivity contribution in [3.05, 3.63) is 30.3 Å². The Kier molecular flexibility index (Phi) is 5.60. The molecule has 0 bridgehead atoms. The van der Waals surface area contributed by atoms with Gasteiger partial charge in [0.25, 0.3) is 0 Å². The maximum atomic E-state index is 9.14. The molecule has 2 N–H and O–H groups in total. The third kappa shape index (κ3) is 3.37. The number of ether oxygens (including phenoxy) is 1. The van der Waals surface area contributed by atoms with E-state index in [9.17, 15) is 0 Å². The molecule has 1 aromatic carbocycles. The molecule has 0 aliphatic carbocycles. The van der Waals surface area contributed by atoms with E-state index >= 15 is 0 Å². The Hall–Kier alpha value is -0.770. The normalized spacial score (nSPS) is 23.8. The van der Waals surface area contributed by atoms with Crippen molar-refractivity contribution in [3.63, 3.8) is 0 Å². The molecule has 0 spiro atoms. The van der Waals surface area contributed by atoms with Crippen LogP contribution in [-0.4, -0.2) is 30.9 Å². The van der Waals surface area contributed by atoms with Gasteiger partial charge in [0.05, 0.1) is 0 Å². The number of benzene rings is 1. The third-order valence-electron chi connectivity index (χ3n) is 2.90. The first kappa shape index (κ1) is 13.3. The maximum Gasteiger partial charge on any atom is 0.119 e. The molecule has 1 aliphatic heterocycles. The predicted octanol–water partition coefficient (Wildman–Crippen LogP) is 1.46. The van der Waals surface area contributed by atoms with Gasteiger partial charge in [-0.3, -0.25) is 0 Å². The SMILES string of the molecule is Cl.OCC1CCNC1COc1ccccc1. The van der Waals surface area contributed by atoms with Crippen molar-refractivity contribution in [2.75, 3.05) is 19.8 Å². The second-order valence-corrected chi connectivity index (χ2v) is 3.92. The van der Waals surface area contributed by atoms with Gasteiger partial charge in [0.2, 0.25) is 0 Å². The zero-order valence-corrected chi connectivity index (χ0v) is 9.95. The molecule has 0 radical (unpaired) electrons. The highest BCUT2D eigenvalue weighted by atomic mass is 35.5. The minimum Gasteiger partial charge on any atom is -0.492 e. The number of aliphatic hydroxyl groups is 1. The number of nitrogens with one attached hydrogen (secondary N) is 1. The Morgan fingerprint density at radius 1 is 1.31 bits per heavy atom. The molecule has 1 saturated heterocycles. The smallest absolute Gasteiger partial charge is 0.119 e. The standard InChI is InChI=1S/C12H17NO2.ClH/c14-8-10-6-7-13-12(10)9-15-11-4-2-1-3-5-11;/h1-5,10,12-14H,6-9H2;1H. The van der Waals surface area contributed by atoms with Gasteiger partial charge < -0.3 is 15.2 Å². The van der Waals surface area contributed by atoms with Crippen LogP contribution in [0.3, 0.4) is 0 Å². The van der Waals surface area contributed by atoms with Gasteiger partial charge >= 0.3 is 0 Å². The summed E-state index contributed by atoms with van der Waals surface area (Å²) in [5.74, 6) is 1.23. The first-order chi connectivity index (χ1) is 7.40. The van der Waals surface area contributed by atoms with Gasteiger partial charge in [-0.1, -0.05) is 18.2 Å². The molecular formula is C12H18ClNO2. The lowest BCUT2D eigenvalue weighted by molar-refractivity contribution is 0.178. The van der Waals surface area contributed by atoms with Gasteiger partial charge in [-0.15, -0.1) is 12.4 Å². The van der Waals surface area contributed by atoms with Crippen molar-refractivity contribution in [2.24, 2.45) is 5.92 Å². The summed E-state index contributed by atoms with van der Waals surface area (Å²) < 4.78 is 5.65. The first-order valence-corrected chi connectivity index (χ1v) is 5.42. The summed E-state index contributed by atoms with van der Waals surface area (Å²) in [6.45, 7) is 1.86. The third-order valence-corrected chi connectivity index (χ3v) is 2.90. The van der Waals surface area contributed by atoms with Crippen LogP contribution >= 0.6 is 12.4 Å². The lowest BCUT2D eigenvalue weighted by atomic mass is 10.0. The van der Waals surface area contributed by atoms with Crippen LogP contribution in [-0.2, 0) is 0 Å². The van der Waals surface area contributed by atoms with Crippen LogP contribution in [0.4, 0.5) is 0 Å². The van der Waals surface area contributed by atoms with E-state index in [0.717, 1.165) is 18.7 Å². The average Bonchev–Trinajstić information content (AvgIpc) is 2.75. The number of para-hydroxylation sites is 1. The Labute approximate surface area is 102 Å². The fourth-order valence-electron chi connectivity index (χ4n) is 1.94. The molecule has 2 unspecified atom stereocenters. The Balaban J connectivity index is 0.00000128. The summed E-state index contributed by atoms with van der Waals surface area (Å²) in [7, 11) is 0. The molecule has 90 valence electrons. The zero-order chi connectivity index (χ0) is 10.5. The van der Waals surface area contributed by atoms with Gasteiger partial charge in [-0.2, -0.15) is 0 Å². The van der Waals surface area contributed by atoms with E-state index in [1.54, 1.807) is 0 Å². The van der Waals surface area contributed by atoms with Crippen LogP contribution in [0.1, 0.15) is 6.42 Å². The summed E-state index contributed by atoms with van der Waals surface area (Å²) in [4.78, 5) is 0. The molecule has 3 nitrogen and oxygen atoms in total. The van der Waals surface area contributed by atoms with Gasteiger partial charge in [-0.05, 0) is 25.1 Å². The molecule has 2 rings (SSSR count). The lowest BCUT2D eigenvalue weighted by Gasteiger charge is -2.17. The van der Waals surface area contributed by atoms with E-state index < -0.39 is 0 Å². The Morgan fingerprint density at radius 2 is 2.06 bits per heavy atom. The molecular weight excluding hydrogens is 226 g/mol. The topological polar surface area (TPSA) is 41.5 Å². The van der Waals surface area contributed by atoms with Gasteiger partial charge in [0.15, 0.2) is 0 Å². The maximum absolute atomic E-state index is 9.14. The summed E-state index contributed by atoms with van der Waals surface area (Å²) in [6.07, 6.45) is 1.04. The summed E-state index contributed by atoms with van der Waals surface area (Å²) in [5, 5.41) is 12.5. The number of hydrogen-bond acceptors (Lipinski definition) is 3. The van der Waals surface area contributed by atoms with Crippen molar-refractivity contribution < 1.29 is 9.84 Å². The van der Waals surface area contributed by atoms with Crippen molar-refractivity contribution in [1.29, 1.82) is 0 Å². The van der Waals surface area contributed by atoms with E-state index in [4.69, 9.17) is 9.84 Å². The quantitative estimate of drug-likeness (QED) is 0.841. The highest BCUT2D eigenvalue weighted by Crippen LogP contribution is 2.16. The zero-order valence-electron chi connectivity index (χ0n) is 9.13. The van der Waals surface area contributed by atoms with Crippen LogP contribution < -0.4 is 10.1 Å². The van der Waals surface area contributed by atoms with E-state index in [0.29, 0.717) is 12.5 Å². The highest BCUT2D eigenvalue weighted by Gasteiger charge is 2.26. The molecule has 1 fully saturated rings. The second kappa shape index (κ2) is 6.74. The summed E-state index contributed by atoms with van der Waals surface area (Å²) in [6, 6.07) is 10.1. The molecule has 1 aliphatic rings. The van der Waals surface area contributed by atoms with Crippen molar-refractivity contribution >= 4 is 12.4 Å². The van der Waals surface area contributed by atoms with Crippen LogP contribution in [0.5, 0.6) is 5.75 Å². The monoisotopic (exact) mass is 243 g/mol. The molecule has 0 aromatic heterocycles. The van der Waals surface area contributed by atoms with Crippen molar-refractivity contribution in [2.45, 2.75) is 12.5 Å². The predicted molar refractivity (Wildman–Crippen MR) is 66.2 cm³/mol. The summed E-state index contributed by atoms with van der Waals surface area (Å²) in [5.41, 5.74) is 0. The van der Waals surface area contributed by atoms with E-state index in [-0.39, 0.29) is 25.1 Å². The average molecular weight is 244 g/mol. The van der Waals surface area contributed by atoms with E-state index in [1.807, 2.05) is 30.3 Å². The largest absolute Gasteiger partial charge is 0.492 e. The lowest BCUT2D eigenvalue weighted by Crippen LogP contribution is -2.34. The van der Waals surface area contributed by atoms with Gasteiger partial charge in [0, 0.05) is 18.6 Å². The molecule has 16 heavy (non-hydrogen) atoms. The van der Waals surface area contributed by atoms with Crippen LogP contribution in [0.15, 0.2) is 30.3 Å². The molecule has 4 heteroatoms. The molecule has 1 heterocycles. The first-order valence-electron chi connectivity index (χ1n) is 5.42. The molecule has 0 amide bonds. The fraction of sp³-hybridized carbons (Fsp3) is 0.500. The Morgan fingerprint density at radius 3 is 2.75 bits per heavy atom. The van der Waals surface area contributed by atoms with Crippen LogP contribution in [0, 0.1) is 5.92 Å². The van der Waals surface area contributed by atoms with E-state index in [1.165, 1.54) is 0 Å². The van der Waals surface area contributed by atoms with Gasteiger partial charge in [-0.25, -0.2) is 0 Å². The van der Waals surface area contributed by atoms with Crippen molar-refractivity contribution in [1.82, 2.24) is 5.32 Å².